The monoisotopic (exact) mass is 229 g/mol. The zero-order valence-electron chi connectivity index (χ0n) is 9.92. The zero-order valence-corrected chi connectivity index (χ0v) is 9.92. The fourth-order valence-electron chi connectivity index (χ4n) is 1.41. The quantitative estimate of drug-likeness (QED) is 0.822. The Hall–Kier alpha value is -2.23. The van der Waals surface area contributed by atoms with Crippen LogP contribution in [0.1, 0.15) is 0 Å². The van der Waals surface area contributed by atoms with Crippen LogP contribution in [0.4, 0.5) is 11.4 Å². The predicted octanol–water partition coefficient (Wildman–Crippen LogP) is 2.52. The molecule has 1 heterocycles. The van der Waals surface area contributed by atoms with Gasteiger partial charge in [0, 0.05) is 38.1 Å². The molecule has 0 atom stereocenters. The number of ether oxygens (including phenoxy) is 1. The lowest BCUT2D eigenvalue weighted by Crippen LogP contribution is -2.08. The van der Waals surface area contributed by atoms with Crippen molar-refractivity contribution in [3.05, 3.63) is 42.6 Å². The van der Waals surface area contributed by atoms with E-state index in [9.17, 15) is 0 Å². The molecule has 2 aromatic rings. The molecule has 1 aromatic heterocycles. The first kappa shape index (κ1) is 11.3. The summed E-state index contributed by atoms with van der Waals surface area (Å²) in [6.45, 7) is 0. The molecular formula is C13H15N3O. The molecule has 17 heavy (non-hydrogen) atoms. The van der Waals surface area contributed by atoms with Crippen LogP contribution < -0.4 is 15.4 Å². The minimum Gasteiger partial charge on any atom is -0.437 e. The molecule has 0 spiro atoms. The summed E-state index contributed by atoms with van der Waals surface area (Å²) in [5.41, 5.74) is 7.50. The molecule has 0 aliphatic rings. The lowest BCUT2D eigenvalue weighted by atomic mass is 10.2. The van der Waals surface area contributed by atoms with Gasteiger partial charge in [0.2, 0.25) is 5.88 Å². The summed E-state index contributed by atoms with van der Waals surface area (Å²) >= 11 is 0. The van der Waals surface area contributed by atoms with Crippen molar-refractivity contribution in [1.82, 2.24) is 4.98 Å². The van der Waals surface area contributed by atoms with E-state index in [4.69, 9.17) is 10.5 Å². The molecular weight excluding hydrogens is 214 g/mol. The Kier molecular flexibility index (Phi) is 3.14. The minimum atomic E-state index is 0.537. The summed E-state index contributed by atoms with van der Waals surface area (Å²) < 4.78 is 5.64. The van der Waals surface area contributed by atoms with Crippen LogP contribution in [0.2, 0.25) is 0 Å². The van der Waals surface area contributed by atoms with Crippen LogP contribution in [0, 0.1) is 0 Å². The van der Waals surface area contributed by atoms with Gasteiger partial charge in [0.15, 0.2) is 5.75 Å². The minimum absolute atomic E-state index is 0.537. The highest BCUT2D eigenvalue weighted by molar-refractivity contribution is 5.62. The van der Waals surface area contributed by atoms with Gasteiger partial charge in [-0.25, -0.2) is 4.98 Å². The number of aromatic nitrogens is 1. The molecule has 2 N–H and O–H groups in total. The summed E-state index contributed by atoms with van der Waals surface area (Å²) in [6.07, 6.45) is 1.68. The lowest BCUT2D eigenvalue weighted by Gasteiger charge is -2.15. The van der Waals surface area contributed by atoms with E-state index in [0.717, 1.165) is 5.69 Å². The Morgan fingerprint density at radius 1 is 1.18 bits per heavy atom. The molecule has 0 unspecified atom stereocenters. The molecule has 88 valence electrons. The molecule has 0 saturated heterocycles. The van der Waals surface area contributed by atoms with Gasteiger partial charge in [0.05, 0.1) is 5.69 Å². The molecule has 0 amide bonds. The molecule has 2 rings (SSSR count). The Labute approximate surface area is 101 Å². The fraction of sp³-hybridized carbons (Fsp3) is 0.154. The van der Waals surface area contributed by atoms with Gasteiger partial charge in [0.1, 0.15) is 0 Å². The van der Waals surface area contributed by atoms with Crippen LogP contribution in [0.15, 0.2) is 42.6 Å². The molecule has 0 saturated carbocycles. The van der Waals surface area contributed by atoms with E-state index in [-0.39, 0.29) is 0 Å². The van der Waals surface area contributed by atoms with Gasteiger partial charge in [0.25, 0.3) is 0 Å². The molecule has 0 aliphatic carbocycles. The van der Waals surface area contributed by atoms with E-state index >= 15 is 0 Å². The average molecular weight is 229 g/mol. The van der Waals surface area contributed by atoms with Gasteiger partial charge in [-0.2, -0.15) is 0 Å². The number of nitrogens with zero attached hydrogens (tertiary/aromatic N) is 2. The van der Waals surface area contributed by atoms with Crippen LogP contribution in [0.25, 0.3) is 0 Å². The third kappa shape index (κ3) is 2.66. The first-order chi connectivity index (χ1) is 8.16. The number of pyridine rings is 1. The first-order valence-electron chi connectivity index (χ1n) is 5.32. The van der Waals surface area contributed by atoms with Gasteiger partial charge in [-0.15, -0.1) is 0 Å². The van der Waals surface area contributed by atoms with Gasteiger partial charge >= 0.3 is 0 Å². The molecule has 4 nitrogen and oxygen atoms in total. The number of rotatable bonds is 3. The highest BCUT2D eigenvalue weighted by atomic mass is 16.5. The van der Waals surface area contributed by atoms with Crippen LogP contribution in [0.5, 0.6) is 11.6 Å². The van der Waals surface area contributed by atoms with E-state index in [1.165, 1.54) is 0 Å². The van der Waals surface area contributed by atoms with Crippen molar-refractivity contribution >= 4 is 11.4 Å². The Balaban J connectivity index is 2.29. The zero-order chi connectivity index (χ0) is 12.3. The summed E-state index contributed by atoms with van der Waals surface area (Å²) in [6, 6.07) is 11.2. The normalized spacial score (nSPS) is 10.0. The summed E-state index contributed by atoms with van der Waals surface area (Å²) in [7, 11) is 3.94. The molecule has 0 radical (unpaired) electrons. The molecule has 0 fully saturated rings. The third-order valence-corrected chi connectivity index (χ3v) is 2.37. The van der Waals surface area contributed by atoms with Crippen molar-refractivity contribution < 1.29 is 4.74 Å². The van der Waals surface area contributed by atoms with Gasteiger partial charge in [-0.05, 0) is 18.2 Å². The number of anilines is 2. The first-order valence-corrected chi connectivity index (χ1v) is 5.32. The second-order valence-electron chi connectivity index (χ2n) is 3.89. The topological polar surface area (TPSA) is 51.4 Å². The second kappa shape index (κ2) is 4.74. The standard InChI is InChI=1S/C13H15N3O/c1-16(2)10-6-7-11(14)12(9-10)17-13-5-3-4-8-15-13/h3-9H,14H2,1-2H3. The SMILES string of the molecule is CN(C)c1ccc(N)c(Oc2ccccn2)c1. The van der Waals surface area contributed by atoms with Crippen molar-refractivity contribution in [2.45, 2.75) is 0 Å². The second-order valence-corrected chi connectivity index (χ2v) is 3.89. The Morgan fingerprint density at radius 2 is 2.00 bits per heavy atom. The van der Waals surface area contributed by atoms with E-state index in [1.54, 1.807) is 12.3 Å². The van der Waals surface area contributed by atoms with Crippen molar-refractivity contribution in [3.63, 3.8) is 0 Å². The average Bonchev–Trinajstić information content (AvgIpc) is 2.33. The van der Waals surface area contributed by atoms with Crippen molar-refractivity contribution in [3.8, 4) is 11.6 Å². The number of hydrogen-bond acceptors (Lipinski definition) is 4. The smallest absolute Gasteiger partial charge is 0.219 e. The van der Waals surface area contributed by atoms with Gasteiger partial charge in [-0.1, -0.05) is 6.07 Å². The molecule has 4 heteroatoms. The highest BCUT2D eigenvalue weighted by Crippen LogP contribution is 2.30. The number of benzene rings is 1. The van der Waals surface area contributed by atoms with E-state index in [1.807, 2.05) is 49.3 Å². The molecule has 0 bridgehead atoms. The molecule has 1 aromatic carbocycles. The summed E-state index contributed by atoms with van der Waals surface area (Å²) in [5.74, 6) is 1.16. The van der Waals surface area contributed by atoms with Crippen molar-refractivity contribution in [2.75, 3.05) is 24.7 Å². The van der Waals surface area contributed by atoms with E-state index in [0.29, 0.717) is 17.3 Å². The summed E-state index contributed by atoms with van der Waals surface area (Å²) in [5, 5.41) is 0. The Morgan fingerprint density at radius 3 is 2.65 bits per heavy atom. The fourth-order valence-corrected chi connectivity index (χ4v) is 1.41. The number of nitrogens with two attached hydrogens (primary N) is 1. The highest BCUT2D eigenvalue weighted by Gasteiger charge is 2.05. The van der Waals surface area contributed by atoms with Gasteiger partial charge in [-0.3, -0.25) is 0 Å². The number of hydrogen-bond donors (Lipinski definition) is 1. The maximum Gasteiger partial charge on any atom is 0.219 e. The number of nitrogen functional groups attached to an aromatic ring is 1. The Bertz CT molecular complexity index is 497. The van der Waals surface area contributed by atoms with Crippen LogP contribution in [-0.2, 0) is 0 Å². The summed E-state index contributed by atoms with van der Waals surface area (Å²) in [4.78, 5) is 6.09. The predicted molar refractivity (Wildman–Crippen MR) is 69.5 cm³/mol. The maximum atomic E-state index is 5.87. The third-order valence-electron chi connectivity index (χ3n) is 2.37. The van der Waals surface area contributed by atoms with Crippen LogP contribution in [0.3, 0.4) is 0 Å². The van der Waals surface area contributed by atoms with Crippen LogP contribution >= 0.6 is 0 Å². The van der Waals surface area contributed by atoms with Crippen LogP contribution in [-0.4, -0.2) is 19.1 Å². The maximum absolute atomic E-state index is 5.87. The van der Waals surface area contributed by atoms with Crippen molar-refractivity contribution in [1.29, 1.82) is 0 Å². The van der Waals surface area contributed by atoms with Crippen molar-refractivity contribution in [2.24, 2.45) is 0 Å². The van der Waals surface area contributed by atoms with E-state index < -0.39 is 0 Å². The largest absolute Gasteiger partial charge is 0.437 e. The van der Waals surface area contributed by atoms with E-state index in [2.05, 4.69) is 4.98 Å². The van der Waals surface area contributed by atoms with Gasteiger partial charge < -0.3 is 15.4 Å². The molecule has 0 aliphatic heterocycles. The lowest BCUT2D eigenvalue weighted by molar-refractivity contribution is 0.465.